The largest absolute Gasteiger partial charge is 0.496 e. The van der Waals surface area contributed by atoms with Crippen molar-refractivity contribution in [2.45, 2.75) is 46.5 Å². The SMILES string of the molecule is CCC(C)OP(=O)(O)c1c(-c2c(OC)ccc3ccccc23)cc2c(c1C)COC2. The van der Waals surface area contributed by atoms with Gasteiger partial charge in [0.25, 0.3) is 0 Å². The summed E-state index contributed by atoms with van der Waals surface area (Å²) in [6, 6.07) is 13.8. The second-order valence-electron chi connectivity index (χ2n) is 7.74. The third-order valence-electron chi connectivity index (χ3n) is 5.83. The third-order valence-corrected chi connectivity index (χ3v) is 7.62. The highest BCUT2D eigenvalue weighted by Crippen LogP contribution is 2.50. The van der Waals surface area contributed by atoms with Crippen molar-refractivity contribution in [3.8, 4) is 16.9 Å². The van der Waals surface area contributed by atoms with Gasteiger partial charge in [-0.15, -0.1) is 0 Å². The molecule has 30 heavy (non-hydrogen) atoms. The van der Waals surface area contributed by atoms with Crippen molar-refractivity contribution in [3.05, 3.63) is 59.2 Å². The quantitative estimate of drug-likeness (QED) is 0.529. The van der Waals surface area contributed by atoms with E-state index in [1.54, 1.807) is 7.11 Å². The lowest BCUT2D eigenvalue weighted by Gasteiger charge is -2.24. The fourth-order valence-corrected chi connectivity index (χ4v) is 5.92. The minimum absolute atomic E-state index is 0.335. The smallest absolute Gasteiger partial charge is 0.359 e. The molecule has 3 aromatic rings. The summed E-state index contributed by atoms with van der Waals surface area (Å²) >= 11 is 0. The van der Waals surface area contributed by atoms with Crippen LogP contribution >= 0.6 is 7.60 Å². The van der Waals surface area contributed by atoms with Gasteiger partial charge in [0.2, 0.25) is 0 Å². The molecule has 0 aliphatic carbocycles. The number of hydrogen-bond donors (Lipinski definition) is 1. The molecular weight excluding hydrogens is 399 g/mol. The van der Waals surface area contributed by atoms with Crippen LogP contribution in [0.5, 0.6) is 5.75 Å². The topological polar surface area (TPSA) is 65.0 Å². The van der Waals surface area contributed by atoms with Crippen molar-refractivity contribution in [2.75, 3.05) is 7.11 Å². The Morgan fingerprint density at radius 2 is 1.97 bits per heavy atom. The molecule has 0 bridgehead atoms. The normalized spacial score (nSPS) is 16.3. The maximum Gasteiger partial charge on any atom is 0.359 e. The molecule has 0 saturated carbocycles. The summed E-state index contributed by atoms with van der Waals surface area (Å²) in [7, 11) is -2.49. The van der Waals surface area contributed by atoms with E-state index in [1.807, 2.05) is 63.2 Å². The molecule has 0 amide bonds. The number of ether oxygens (including phenoxy) is 2. The first kappa shape index (κ1) is 21.1. The van der Waals surface area contributed by atoms with Gasteiger partial charge in [-0.25, -0.2) is 0 Å². The monoisotopic (exact) mass is 426 g/mol. The van der Waals surface area contributed by atoms with E-state index >= 15 is 0 Å². The number of hydrogen-bond acceptors (Lipinski definition) is 4. The van der Waals surface area contributed by atoms with Crippen LogP contribution in [0.3, 0.4) is 0 Å². The van der Waals surface area contributed by atoms with E-state index in [-0.39, 0.29) is 6.10 Å². The van der Waals surface area contributed by atoms with E-state index in [4.69, 9.17) is 14.0 Å². The van der Waals surface area contributed by atoms with Gasteiger partial charge in [-0.05, 0) is 59.9 Å². The second kappa shape index (κ2) is 8.16. The van der Waals surface area contributed by atoms with Gasteiger partial charge in [-0.3, -0.25) is 4.57 Å². The van der Waals surface area contributed by atoms with Crippen molar-refractivity contribution < 1.29 is 23.5 Å². The summed E-state index contributed by atoms with van der Waals surface area (Å²) in [6.45, 7) is 6.55. The first-order valence-electron chi connectivity index (χ1n) is 10.2. The fourth-order valence-electron chi connectivity index (χ4n) is 4.13. The van der Waals surface area contributed by atoms with Crippen LogP contribution < -0.4 is 10.0 Å². The zero-order valence-corrected chi connectivity index (χ0v) is 18.7. The van der Waals surface area contributed by atoms with Crippen molar-refractivity contribution in [1.29, 1.82) is 0 Å². The third kappa shape index (κ3) is 3.57. The van der Waals surface area contributed by atoms with Crippen molar-refractivity contribution >= 4 is 23.7 Å². The number of fused-ring (bicyclic) bond motifs is 2. The van der Waals surface area contributed by atoms with E-state index in [0.717, 1.165) is 33.0 Å². The minimum Gasteiger partial charge on any atom is -0.496 e. The Kier molecular flexibility index (Phi) is 5.73. The fraction of sp³-hybridized carbons (Fsp3) is 0.333. The summed E-state index contributed by atoms with van der Waals surface area (Å²) < 4.78 is 30.6. The number of benzene rings is 3. The summed E-state index contributed by atoms with van der Waals surface area (Å²) in [4.78, 5) is 11.1. The van der Waals surface area contributed by atoms with E-state index in [2.05, 4.69) is 0 Å². The summed E-state index contributed by atoms with van der Waals surface area (Å²) in [5, 5.41) is 2.32. The van der Waals surface area contributed by atoms with Crippen molar-refractivity contribution in [1.82, 2.24) is 0 Å². The molecule has 0 fully saturated rings. The van der Waals surface area contributed by atoms with Crippen LogP contribution in [-0.2, 0) is 27.0 Å². The Morgan fingerprint density at radius 3 is 2.70 bits per heavy atom. The molecule has 1 N–H and O–H groups in total. The average Bonchev–Trinajstić information content (AvgIpc) is 3.21. The molecular formula is C24H27O5P. The van der Waals surface area contributed by atoms with Gasteiger partial charge in [0.1, 0.15) is 5.75 Å². The van der Waals surface area contributed by atoms with Gasteiger partial charge in [0, 0.05) is 11.1 Å². The molecule has 2 atom stereocenters. The predicted molar refractivity (Wildman–Crippen MR) is 119 cm³/mol. The van der Waals surface area contributed by atoms with Crippen LogP contribution in [-0.4, -0.2) is 18.1 Å². The highest BCUT2D eigenvalue weighted by molar-refractivity contribution is 7.61. The molecule has 3 aromatic carbocycles. The van der Waals surface area contributed by atoms with Gasteiger partial charge < -0.3 is 18.9 Å². The van der Waals surface area contributed by atoms with Crippen molar-refractivity contribution in [2.24, 2.45) is 0 Å². The lowest BCUT2D eigenvalue weighted by Crippen LogP contribution is -2.20. The first-order chi connectivity index (χ1) is 14.4. The van der Waals surface area contributed by atoms with Crippen LogP contribution in [0.1, 0.15) is 37.0 Å². The average molecular weight is 426 g/mol. The van der Waals surface area contributed by atoms with E-state index in [9.17, 15) is 9.46 Å². The van der Waals surface area contributed by atoms with Gasteiger partial charge in [0.05, 0.1) is 31.7 Å². The van der Waals surface area contributed by atoms with E-state index < -0.39 is 7.60 Å². The molecule has 0 aromatic heterocycles. The Balaban J connectivity index is 2.08. The molecule has 1 heterocycles. The highest BCUT2D eigenvalue weighted by Gasteiger charge is 2.35. The maximum atomic E-state index is 13.6. The molecule has 0 saturated heterocycles. The zero-order valence-electron chi connectivity index (χ0n) is 17.8. The summed E-state index contributed by atoms with van der Waals surface area (Å²) in [5.41, 5.74) is 4.22. The first-order valence-corrected chi connectivity index (χ1v) is 11.8. The maximum absolute atomic E-state index is 13.6. The predicted octanol–water partition coefficient (Wildman–Crippen LogP) is 5.48. The Hall–Kier alpha value is -2.17. The second-order valence-corrected chi connectivity index (χ2v) is 9.44. The van der Waals surface area contributed by atoms with E-state index in [0.29, 0.717) is 36.3 Å². The summed E-state index contributed by atoms with van der Waals surface area (Å²) in [5.74, 6) is 0.650. The number of rotatable bonds is 6. The molecule has 2 unspecified atom stereocenters. The van der Waals surface area contributed by atoms with Gasteiger partial charge >= 0.3 is 7.60 Å². The van der Waals surface area contributed by atoms with Crippen LogP contribution in [0.2, 0.25) is 0 Å². The zero-order chi connectivity index (χ0) is 21.5. The molecule has 0 radical (unpaired) electrons. The van der Waals surface area contributed by atoms with Crippen LogP contribution in [0.25, 0.3) is 21.9 Å². The van der Waals surface area contributed by atoms with Crippen molar-refractivity contribution in [3.63, 3.8) is 0 Å². The standard InChI is InChI=1S/C24H27O5P/c1-5-15(2)29-30(25,26)24-16(3)21-14-28-13-18(21)12-20(24)23-19-9-7-6-8-17(19)10-11-22(23)27-4/h6-12,15H,5,13-14H2,1-4H3,(H,25,26). The molecule has 158 valence electrons. The minimum atomic E-state index is -4.11. The van der Waals surface area contributed by atoms with Gasteiger partial charge in [-0.1, -0.05) is 37.3 Å². The highest BCUT2D eigenvalue weighted by atomic mass is 31.2. The Bertz CT molecular complexity index is 1150. The molecule has 1 aliphatic heterocycles. The molecule has 1 aliphatic rings. The van der Waals surface area contributed by atoms with Gasteiger partial charge in [-0.2, -0.15) is 0 Å². The van der Waals surface area contributed by atoms with Crippen LogP contribution in [0.4, 0.5) is 0 Å². The molecule has 4 rings (SSSR count). The number of methoxy groups -OCH3 is 1. The Morgan fingerprint density at radius 1 is 1.20 bits per heavy atom. The lowest BCUT2D eigenvalue weighted by molar-refractivity contribution is 0.134. The molecule has 0 spiro atoms. The van der Waals surface area contributed by atoms with Gasteiger partial charge in [0.15, 0.2) is 0 Å². The lowest BCUT2D eigenvalue weighted by atomic mass is 9.92. The van der Waals surface area contributed by atoms with Crippen LogP contribution in [0, 0.1) is 6.92 Å². The van der Waals surface area contributed by atoms with E-state index in [1.165, 1.54) is 0 Å². The molecule has 5 nitrogen and oxygen atoms in total. The van der Waals surface area contributed by atoms with Crippen LogP contribution in [0.15, 0.2) is 42.5 Å². The summed E-state index contributed by atoms with van der Waals surface area (Å²) in [6.07, 6.45) is 0.303. The molecule has 6 heteroatoms. The Labute approximate surface area is 177 Å².